The molecular weight excluding hydrogens is 464 g/mol. The Morgan fingerprint density at radius 2 is 1.46 bits per heavy atom. The van der Waals surface area contributed by atoms with Gasteiger partial charge in [-0.2, -0.15) is 10.2 Å². The molecule has 37 heavy (non-hydrogen) atoms. The number of amides is 2. The summed E-state index contributed by atoms with van der Waals surface area (Å²) in [6.07, 6.45) is 1.59. The van der Waals surface area contributed by atoms with Gasteiger partial charge in [0, 0.05) is 29.7 Å². The Balaban J connectivity index is 1.44. The average Bonchev–Trinajstić information content (AvgIpc) is 3.54. The van der Waals surface area contributed by atoms with E-state index in [0.717, 1.165) is 16.9 Å². The van der Waals surface area contributed by atoms with E-state index >= 15 is 0 Å². The van der Waals surface area contributed by atoms with Gasteiger partial charge in [0.25, 0.3) is 11.8 Å². The molecule has 0 aliphatic rings. The minimum atomic E-state index is -0.286. The topological polar surface area (TPSA) is 93.8 Å². The molecule has 184 valence electrons. The van der Waals surface area contributed by atoms with Crippen LogP contribution in [0.25, 0.3) is 16.9 Å². The van der Waals surface area contributed by atoms with Crippen molar-refractivity contribution >= 4 is 23.2 Å². The quantitative estimate of drug-likeness (QED) is 0.312. The zero-order valence-corrected chi connectivity index (χ0v) is 20.6. The summed E-state index contributed by atoms with van der Waals surface area (Å²) >= 11 is 0. The summed E-state index contributed by atoms with van der Waals surface area (Å²) in [4.78, 5) is 26.3. The van der Waals surface area contributed by atoms with Crippen LogP contribution in [-0.4, -0.2) is 31.4 Å². The maximum atomic E-state index is 13.6. The van der Waals surface area contributed by atoms with Gasteiger partial charge >= 0.3 is 0 Å². The summed E-state index contributed by atoms with van der Waals surface area (Å²) in [6, 6.07) is 28.1. The molecule has 5 aromatic rings. The zero-order chi connectivity index (χ0) is 25.8. The Bertz CT molecular complexity index is 1550. The number of benzene rings is 3. The van der Waals surface area contributed by atoms with Crippen molar-refractivity contribution in [3.63, 3.8) is 0 Å². The summed E-state index contributed by atoms with van der Waals surface area (Å²) < 4.78 is 3.41. The molecule has 0 bridgehead atoms. The highest BCUT2D eigenvalue weighted by atomic mass is 16.2. The van der Waals surface area contributed by atoms with Crippen molar-refractivity contribution in [2.75, 3.05) is 10.6 Å². The monoisotopic (exact) mass is 490 g/mol. The molecule has 0 unspecified atom stereocenters. The largest absolute Gasteiger partial charge is 0.322 e. The molecule has 0 atom stereocenters. The number of nitrogens with zero attached hydrogens (tertiary/aromatic N) is 4. The lowest BCUT2D eigenvalue weighted by atomic mass is 10.1. The predicted octanol–water partition coefficient (Wildman–Crippen LogP) is 5.57. The van der Waals surface area contributed by atoms with Crippen LogP contribution in [0.1, 0.15) is 33.5 Å². The van der Waals surface area contributed by atoms with E-state index < -0.39 is 0 Å². The van der Waals surface area contributed by atoms with Crippen LogP contribution < -0.4 is 10.6 Å². The Morgan fingerprint density at radius 3 is 2.14 bits per heavy atom. The molecule has 3 aromatic carbocycles. The molecule has 0 aliphatic carbocycles. The number of carbonyl (C=O) groups is 2. The Kier molecular flexibility index (Phi) is 6.63. The van der Waals surface area contributed by atoms with Crippen molar-refractivity contribution in [3.05, 3.63) is 114 Å². The zero-order valence-electron chi connectivity index (χ0n) is 20.6. The minimum Gasteiger partial charge on any atom is -0.322 e. The van der Waals surface area contributed by atoms with Gasteiger partial charge in [-0.3, -0.25) is 14.3 Å². The lowest BCUT2D eigenvalue weighted by Gasteiger charge is -2.10. The van der Waals surface area contributed by atoms with Gasteiger partial charge in [-0.15, -0.1) is 0 Å². The molecule has 0 fully saturated rings. The smallest absolute Gasteiger partial charge is 0.273 e. The van der Waals surface area contributed by atoms with Crippen LogP contribution in [0.4, 0.5) is 11.4 Å². The first kappa shape index (κ1) is 23.7. The van der Waals surface area contributed by atoms with E-state index in [1.165, 1.54) is 0 Å². The molecule has 2 heterocycles. The van der Waals surface area contributed by atoms with Gasteiger partial charge in [-0.25, -0.2) is 4.68 Å². The molecule has 0 spiro atoms. The minimum absolute atomic E-state index is 0.269. The lowest BCUT2D eigenvalue weighted by molar-refractivity contribution is 0.101. The third kappa shape index (κ3) is 4.90. The Labute approximate surface area is 214 Å². The summed E-state index contributed by atoms with van der Waals surface area (Å²) in [6.45, 7) is 4.39. The molecule has 2 aromatic heterocycles. The van der Waals surface area contributed by atoms with Crippen LogP contribution in [0.3, 0.4) is 0 Å². The van der Waals surface area contributed by atoms with Gasteiger partial charge < -0.3 is 10.6 Å². The number of carbonyl (C=O) groups excluding carboxylic acids is 2. The normalized spacial score (nSPS) is 10.8. The van der Waals surface area contributed by atoms with E-state index in [1.54, 1.807) is 45.9 Å². The SMILES string of the molecule is CCn1nccc1C(=O)Nc1cccc(NC(=O)c2c(-c3ccccc3)nn(-c3ccccc3)c2C)c1. The van der Waals surface area contributed by atoms with Crippen molar-refractivity contribution < 1.29 is 9.59 Å². The molecule has 0 radical (unpaired) electrons. The number of nitrogens with one attached hydrogen (secondary N) is 2. The third-order valence-electron chi connectivity index (χ3n) is 6.02. The second-order valence-electron chi connectivity index (χ2n) is 8.44. The average molecular weight is 491 g/mol. The number of hydrogen-bond donors (Lipinski definition) is 2. The summed E-state index contributed by atoms with van der Waals surface area (Å²) in [7, 11) is 0. The highest BCUT2D eigenvalue weighted by Crippen LogP contribution is 2.28. The van der Waals surface area contributed by atoms with E-state index in [0.29, 0.717) is 34.9 Å². The number of anilines is 2. The van der Waals surface area contributed by atoms with Crippen molar-refractivity contribution in [1.29, 1.82) is 0 Å². The van der Waals surface area contributed by atoms with Crippen LogP contribution in [0, 0.1) is 6.92 Å². The van der Waals surface area contributed by atoms with E-state index in [4.69, 9.17) is 5.10 Å². The van der Waals surface area contributed by atoms with Crippen molar-refractivity contribution in [1.82, 2.24) is 19.6 Å². The van der Waals surface area contributed by atoms with E-state index in [1.807, 2.05) is 74.5 Å². The number of aromatic nitrogens is 4. The van der Waals surface area contributed by atoms with Gasteiger partial charge in [-0.1, -0.05) is 54.6 Å². The fourth-order valence-electron chi connectivity index (χ4n) is 4.23. The van der Waals surface area contributed by atoms with E-state index in [-0.39, 0.29) is 11.8 Å². The second-order valence-corrected chi connectivity index (χ2v) is 8.44. The molecule has 2 amide bonds. The first-order valence-corrected chi connectivity index (χ1v) is 12.0. The second kappa shape index (κ2) is 10.3. The standard InChI is InChI=1S/C29H26N6O2/c1-3-34-25(17-18-30-34)28(36)31-22-13-10-14-23(19-22)32-29(37)26-20(2)35(24-15-8-5-9-16-24)33-27(26)21-11-6-4-7-12-21/h4-19H,3H2,1-2H3,(H,31,36)(H,32,37). The van der Waals surface area contributed by atoms with Gasteiger partial charge in [0.2, 0.25) is 0 Å². The van der Waals surface area contributed by atoms with E-state index in [2.05, 4.69) is 15.7 Å². The maximum Gasteiger partial charge on any atom is 0.273 e. The van der Waals surface area contributed by atoms with Crippen molar-refractivity contribution in [2.45, 2.75) is 20.4 Å². The van der Waals surface area contributed by atoms with Crippen LogP contribution in [0.5, 0.6) is 0 Å². The molecule has 8 nitrogen and oxygen atoms in total. The Morgan fingerprint density at radius 1 is 0.811 bits per heavy atom. The fourth-order valence-corrected chi connectivity index (χ4v) is 4.23. The summed E-state index contributed by atoms with van der Waals surface area (Å²) in [5.41, 5.74) is 5.09. The first-order valence-electron chi connectivity index (χ1n) is 12.0. The third-order valence-corrected chi connectivity index (χ3v) is 6.02. The van der Waals surface area contributed by atoms with Crippen LogP contribution >= 0.6 is 0 Å². The van der Waals surface area contributed by atoms with Crippen LogP contribution in [0.15, 0.2) is 97.2 Å². The predicted molar refractivity (Wildman–Crippen MR) is 144 cm³/mol. The van der Waals surface area contributed by atoms with Gasteiger partial charge in [-0.05, 0) is 50.2 Å². The van der Waals surface area contributed by atoms with Crippen molar-refractivity contribution in [2.24, 2.45) is 0 Å². The molecule has 2 N–H and O–H groups in total. The van der Waals surface area contributed by atoms with Gasteiger partial charge in [0.15, 0.2) is 0 Å². The fraction of sp³-hybridized carbons (Fsp3) is 0.103. The molecule has 0 aliphatic heterocycles. The molecule has 0 saturated carbocycles. The summed E-state index contributed by atoms with van der Waals surface area (Å²) in [5, 5.41) is 14.8. The molecule has 5 rings (SSSR count). The lowest BCUT2D eigenvalue weighted by Crippen LogP contribution is -2.18. The number of para-hydroxylation sites is 1. The Hall–Kier alpha value is -4.98. The van der Waals surface area contributed by atoms with Crippen LogP contribution in [-0.2, 0) is 6.54 Å². The molecule has 8 heteroatoms. The first-order chi connectivity index (χ1) is 18.0. The van der Waals surface area contributed by atoms with Gasteiger partial charge in [0.05, 0.1) is 16.9 Å². The highest BCUT2D eigenvalue weighted by Gasteiger charge is 2.23. The maximum absolute atomic E-state index is 13.6. The van der Waals surface area contributed by atoms with Gasteiger partial charge in [0.1, 0.15) is 11.4 Å². The number of rotatable bonds is 7. The van der Waals surface area contributed by atoms with Crippen LogP contribution in [0.2, 0.25) is 0 Å². The summed E-state index contributed by atoms with van der Waals surface area (Å²) in [5.74, 6) is -0.555. The van der Waals surface area contributed by atoms with E-state index in [9.17, 15) is 9.59 Å². The number of hydrogen-bond acceptors (Lipinski definition) is 4. The highest BCUT2D eigenvalue weighted by molar-refractivity contribution is 6.09. The number of aryl methyl sites for hydroxylation is 1. The molecular formula is C29H26N6O2. The molecule has 0 saturated heterocycles. The van der Waals surface area contributed by atoms with Crippen molar-refractivity contribution in [3.8, 4) is 16.9 Å².